The van der Waals surface area contributed by atoms with Crippen LogP contribution in [0.1, 0.15) is 44.9 Å². The summed E-state index contributed by atoms with van der Waals surface area (Å²) in [6.07, 6.45) is 2.95. The minimum Gasteiger partial charge on any atom is -0.496 e. The Morgan fingerprint density at radius 2 is 1.91 bits per heavy atom. The largest absolute Gasteiger partial charge is 0.496 e. The first-order chi connectivity index (χ1) is 16.5. The number of carbonyl (C=O) groups is 2. The van der Waals surface area contributed by atoms with Crippen LogP contribution in [0.3, 0.4) is 0 Å². The van der Waals surface area contributed by atoms with Gasteiger partial charge in [-0.05, 0) is 68.1 Å². The topological polar surface area (TPSA) is 87.3 Å². The molecule has 34 heavy (non-hydrogen) atoms. The molecule has 0 radical (unpaired) electrons. The first-order valence-corrected chi connectivity index (χ1v) is 11.4. The van der Waals surface area contributed by atoms with Gasteiger partial charge in [0.05, 0.1) is 23.9 Å². The van der Waals surface area contributed by atoms with Gasteiger partial charge in [-0.2, -0.15) is 0 Å². The summed E-state index contributed by atoms with van der Waals surface area (Å²) in [5.41, 5.74) is 5.11. The maximum atomic E-state index is 13.5. The molecule has 1 aromatic heterocycles. The number of hydrogen-bond acceptors (Lipinski definition) is 4. The van der Waals surface area contributed by atoms with E-state index >= 15 is 0 Å². The second kappa shape index (κ2) is 9.02. The molecule has 7 heteroatoms. The third kappa shape index (κ3) is 4.01. The second-order valence-electron chi connectivity index (χ2n) is 8.44. The number of rotatable bonds is 4. The van der Waals surface area contributed by atoms with Gasteiger partial charge in [-0.15, -0.1) is 0 Å². The molecule has 0 spiro atoms. The molecule has 2 heterocycles. The number of aryl methyl sites for hydroxylation is 2. The van der Waals surface area contributed by atoms with E-state index in [0.717, 1.165) is 36.3 Å². The van der Waals surface area contributed by atoms with Crippen molar-refractivity contribution < 1.29 is 14.3 Å². The molecule has 0 saturated heterocycles. The second-order valence-corrected chi connectivity index (χ2v) is 8.44. The smallest absolute Gasteiger partial charge is 0.259 e. The minimum absolute atomic E-state index is 0.101. The zero-order chi connectivity index (χ0) is 23.7. The standard InChI is InChI=1S/C27H26N4O3/c1-17-28-21-10-7-11-22(25(21)29-17)30-26(32)20-14-13-19(16-24(20)34-2)27(33)31-15-6-5-9-18-8-3-4-12-23(18)31/h3-4,7-8,10-14,16H,5-6,9,15H2,1-2H3,(H,28,29)(H,30,32). The summed E-state index contributed by atoms with van der Waals surface area (Å²) in [5.74, 6) is 0.685. The molecule has 1 aliphatic rings. The third-order valence-electron chi connectivity index (χ3n) is 6.18. The van der Waals surface area contributed by atoms with E-state index in [2.05, 4.69) is 21.4 Å². The summed E-state index contributed by atoms with van der Waals surface area (Å²) in [5, 5.41) is 2.93. The van der Waals surface area contributed by atoms with Gasteiger partial charge in [0.15, 0.2) is 0 Å². The fourth-order valence-electron chi connectivity index (χ4n) is 4.52. The van der Waals surface area contributed by atoms with Gasteiger partial charge in [0, 0.05) is 17.8 Å². The van der Waals surface area contributed by atoms with Crippen LogP contribution in [0.2, 0.25) is 0 Å². The van der Waals surface area contributed by atoms with Gasteiger partial charge in [0.25, 0.3) is 11.8 Å². The summed E-state index contributed by atoms with van der Waals surface area (Å²) >= 11 is 0. The van der Waals surface area contributed by atoms with Gasteiger partial charge in [0.2, 0.25) is 0 Å². The van der Waals surface area contributed by atoms with E-state index < -0.39 is 0 Å². The molecular weight excluding hydrogens is 428 g/mol. The van der Waals surface area contributed by atoms with Crippen LogP contribution in [-0.4, -0.2) is 35.4 Å². The molecule has 4 aromatic rings. The molecule has 5 rings (SSSR count). The lowest BCUT2D eigenvalue weighted by molar-refractivity contribution is 0.0982. The van der Waals surface area contributed by atoms with E-state index in [0.29, 0.717) is 34.6 Å². The molecule has 0 saturated carbocycles. The summed E-state index contributed by atoms with van der Waals surface area (Å²) in [6, 6.07) is 18.6. The number of benzene rings is 3. The van der Waals surface area contributed by atoms with Crippen LogP contribution < -0.4 is 15.0 Å². The van der Waals surface area contributed by atoms with Gasteiger partial charge in [-0.3, -0.25) is 9.59 Å². The number of carbonyl (C=O) groups excluding carboxylic acids is 2. The highest BCUT2D eigenvalue weighted by atomic mass is 16.5. The van der Waals surface area contributed by atoms with Crippen molar-refractivity contribution >= 4 is 34.2 Å². The molecule has 0 fully saturated rings. The number of nitrogens with one attached hydrogen (secondary N) is 2. The molecule has 0 bridgehead atoms. The van der Waals surface area contributed by atoms with Crippen molar-refractivity contribution in [1.82, 2.24) is 9.97 Å². The molecular formula is C27H26N4O3. The predicted octanol–water partition coefficient (Wildman–Crippen LogP) is 5.12. The van der Waals surface area contributed by atoms with Crippen molar-refractivity contribution in [1.29, 1.82) is 0 Å². The Balaban J connectivity index is 1.43. The van der Waals surface area contributed by atoms with Crippen molar-refractivity contribution in [2.75, 3.05) is 23.9 Å². The number of methoxy groups -OCH3 is 1. The molecule has 1 aliphatic heterocycles. The average Bonchev–Trinajstić information content (AvgIpc) is 3.11. The number of ether oxygens (including phenoxy) is 1. The number of fused-ring (bicyclic) bond motifs is 2. The van der Waals surface area contributed by atoms with Crippen molar-refractivity contribution in [3.63, 3.8) is 0 Å². The summed E-state index contributed by atoms with van der Waals surface area (Å²) in [7, 11) is 1.50. The lowest BCUT2D eigenvalue weighted by Crippen LogP contribution is -2.31. The van der Waals surface area contributed by atoms with E-state index in [4.69, 9.17) is 4.74 Å². The lowest BCUT2D eigenvalue weighted by atomic mass is 10.1. The zero-order valence-corrected chi connectivity index (χ0v) is 19.2. The monoisotopic (exact) mass is 454 g/mol. The molecule has 3 aromatic carbocycles. The van der Waals surface area contributed by atoms with Crippen LogP contribution >= 0.6 is 0 Å². The van der Waals surface area contributed by atoms with Crippen LogP contribution in [-0.2, 0) is 6.42 Å². The number of nitrogens with zero attached hydrogens (tertiary/aromatic N) is 2. The Morgan fingerprint density at radius 3 is 2.76 bits per heavy atom. The molecule has 2 amide bonds. The van der Waals surface area contributed by atoms with Gasteiger partial charge in [-0.25, -0.2) is 4.98 Å². The number of aromatic amines is 1. The number of imidazole rings is 1. The highest BCUT2D eigenvalue weighted by Crippen LogP contribution is 2.30. The maximum absolute atomic E-state index is 13.5. The normalized spacial score (nSPS) is 13.3. The third-order valence-corrected chi connectivity index (χ3v) is 6.18. The van der Waals surface area contributed by atoms with Gasteiger partial charge < -0.3 is 19.9 Å². The molecule has 0 unspecified atom stereocenters. The Hall–Kier alpha value is -4.13. The minimum atomic E-state index is -0.330. The van der Waals surface area contributed by atoms with Crippen molar-refractivity contribution in [2.24, 2.45) is 0 Å². The fraction of sp³-hybridized carbons (Fsp3) is 0.222. The Morgan fingerprint density at radius 1 is 1.06 bits per heavy atom. The van der Waals surface area contributed by atoms with E-state index in [1.54, 1.807) is 18.2 Å². The lowest BCUT2D eigenvalue weighted by Gasteiger charge is -2.23. The quantitative estimate of drug-likeness (QED) is 0.448. The van der Waals surface area contributed by atoms with Crippen molar-refractivity contribution in [3.8, 4) is 5.75 Å². The molecule has 172 valence electrons. The van der Waals surface area contributed by atoms with Crippen molar-refractivity contribution in [3.05, 3.63) is 83.2 Å². The van der Waals surface area contributed by atoms with Gasteiger partial charge >= 0.3 is 0 Å². The van der Waals surface area contributed by atoms with Gasteiger partial charge in [-0.1, -0.05) is 24.3 Å². The first kappa shape index (κ1) is 21.7. The van der Waals surface area contributed by atoms with Crippen LogP contribution in [0, 0.1) is 6.92 Å². The fourth-order valence-corrected chi connectivity index (χ4v) is 4.52. The van der Waals surface area contributed by atoms with Crippen LogP contribution in [0.25, 0.3) is 11.0 Å². The Kier molecular flexibility index (Phi) is 5.76. The van der Waals surface area contributed by atoms with E-state index in [1.165, 1.54) is 12.7 Å². The van der Waals surface area contributed by atoms with Crippen LogP contribution in [0.4, 0.5) is 11.4 Å². The van der Waals surface area contributed by atoms with Crippen LogP contribution in [0.15, 0.2) is 60.7 Å². The number of amides is 2. The number of H-pyrrole nitrogens is 1. The first-order valence-electron chi connectivity index (χ1n) is 11.4. The van der Waals surface area contributed by atoms with Gasteiger partial charge in [0.1, 0.15) is 17.1 Å². The predicted molar refractivity (Wildman–Crippen MR) is 133 cm³/mol. The number of para-hydroxylation sites is 2. The van der Waals surface area contributed by atoms with E-state index in [9.17, 15) is 9.59 Å². The molecule has 0 aliphatic carbocycles. The van der Waals surface area contributed by atoms with E-state index in [-0.39, 0.29) is 11.8 Å². The Labute approximate surface area is 197 Å². The molecule has 7 nitrogen and oxygen atoms in total. The molecule has 0 atom stereocenters. The summed E-state index contributed by atoms with van der Waals surface area (Å²) in [4.78, 5) is 36.0. The average molecular weight is 455 g/mol. The number of aromatic nitrogens is 2. The number of anilines is 2. The molecule has 2 N–H and O–H groups in total. The highest BCUT2D eigenvalue weighted by molar-refractivity contribution is 6.11. The van der Waals surface area contributed by atoms with Crippen molar-refractivity contribution in [2.45, 2.75) is 26.2 Å². The Bertz CT molecular complexity index is 1390. The summed E-state index contributed by atoms with van der Waals surface area (Å²) < 4.78 is 5.51. The highest BCUT2D eigenvalue weighted by Gasteiger charge is 2.24. The number of hydrogen-bond donors (Lipinski definition) is 2. The van der Waals surface area contributed by atoms with Crippen LogP contribution in [0.5, 0.6) is 5.75 Å². The van der Waals surface area contributed by atoms with E-state index in [1.807, 2.05) is 48.2 Å². The SMILES string of the molecule is COc1cc(C(=O)N2CCCCc3ccccc32)ccc1C(=O)Nc1cccc2[nH]c(C)nc12. The maximum Gasteiger partial charge on any atom is 0.259 e. The summed E-state index contributed by atoms with van der Waals surface area (Å²) in [6.45, 7) is 2.53. The zero-order valence-electron chi connectivity index (χ0n) is 19.2.